The Hall–Kier alpha value is -2.99. The van der Waals surface area contributed by atoms with Crippen LogP contribution in [-0.4, -0.2) is 69.3 Å². The minimum atomic E-state index is -4.69. The number of fused-ring (bicyclic) bond motifs is 1. The standard InChI is InChI=1S/C40H61FN5O8P/c1-2-3-4-5-6-7-8-9-10-11-12-13-14-15-16-19-24-50-27-33(51-26-32-20-17-18-21-34(32)41)28-52-55(48,49)53-29-37-36(47)25-40(30-42,54-37)38-23-22-35-39(43)44-31-45-46(35)38/h17-18,20-23,31,33,36-37,47H,2-16,19,24-29H2,1H3,(H,48,49)(H2,43,44,45)/t33-,36+,37-,40+/m1/s1. The van der Waals surface area contributed by atoms with Crippen LogP contribution in [0, 0.1) is 17.1 Å². The van der Waals surface area contributed by atoms with Gasteiger partial charge in [0.05, 0.1) is 38.2 Å². The van der Waals surface area contributed by atoms with E-state index in [2.05, 4.69) is 23.1 Å². The molecule has 1 aromatic carbocycles. The second kappa shape index (κ2) is 23.9. The van der Waals surface area contributed by atoms with E-state index in [0.29, 0.717) is 23.4 Å². The number of unbranched alkanes of at least 4 members (excludes halogenated alkanes) is 15. The van der Waals surface area contributed by atoms with Crippen molar-refractivity contribution >= 4 is 19.2 Å². The second-order valence-electron chi connectivity index (χ2n) is 14.5. The molecule has 15 heteroatoms. The Morgan fingerprint density at radius 1 is 0.982 bits per heavy atom. The minimum absolute atomic E-state index is 0.0572. The molecule has 3 heterocycles. The number of aliphatic hydroxyl groups is 1. The maximum Gasteiger partial charge on any atom is 0.472 e. The lowest BCUT2D eigenvalue weighted by molar-refractivity contribution is -0.0631. The molecular formula is C40H61FN5O8P. The summed E-state index contributed by atoms with van der Waals surface area (Å²) in [5.74, 6) is -0.229. The summed E-state index contributed by atoms with van der Waals surface area (Å²) in [7, 11) is -4.69. The second-order valence-corrected chi connectivity index (χ2v) is 15.9. The van der Waals surface area contributed by atoms with Crippen molar-refractivity contribution in [2.75, 3.05) is 32.2 Å². The smallest absolute Gasteiger partial charge is 0.390 e. The third-order valence-corrected chi connectivity index (χ3v) is 11.0. The molecule has 55 heavy (non-hydrogen) atoms. The van der Waals surface area contributed by atoms with Crippen molar-refractivity contribution in [3.8, 4) is 6.07 Å². The number of nitrogen functional groups attached to an aromatic ring is 1. The van der Waals surface area contributed by atoms with Crippen LogP contribution in [-0.2, 0) is 40.0 Å². The Kier molecular flexibility index (Phi) is 19.5. The number of hydrogen-bond donors (Lipinski definition) is 3. The molecule has 0 spiro atoms. The van der Waals surface area contributed by atoms with E-state index in [1.54, 1.807) is 30.3 Å². The van der Waals surface area contributed by atoms with Crippen LogP contribution in [0.4, 0.5) is 10.2 Å². The lowest BCUT2D eigenvalue weighted by Gasteiger charge is -2.23. The average Bonchev–Trinajstić information content (AvgIpc) is 3.77. The van der Waals surface area contributed by atoms with Crippen molar-refractivity contribution in [3.63, 3.8) is 0 Å². The van der Waals surface area contributed by atoms with Gasteiger partial charge in [0.2, 0.25) is 0 Å². The van der Waals surface area contributed by atoms with Gasteiger partial charge in [0, 0.05) is 18.6 Å². The van der Waals surface area contributed by atoms with E-state index in [9.17, 15) is 24.2 Å². The number of nitrogens with two attached hydrogens (primary N) is 1. The third-order valence-electron chi connectivity index (χ3n) is 10.1. The number of benzene rings is 1. The highest BCUT2D eigenvalue weighted by atomic mass is 31.2. The number of phosphoric acid groups is 1. The average molecular weight is 790 g/mol. The molecule has 0 bridgehead atoms. The van der Waals surface area contributed by atoms with Crippen LogP contribution in [0.3, 0.4) is 0 Å². The van der Waals surface area contributed by atoms with Gasteiger partial charge in [-0.25, -0.2) is 18.5 Å². The van der Waals surface area contributed by atoms with E-state index in [-0.39, 0.29) is 32.1 Å². The molecule has 4 N–H and O–H groups in total. The highest BCUT2D eigenvalue weighted by molar-refractivity contribution is 7.47. The summed E-state index contributed by atoms with van der Waals surface area (Å²) in [4.78, 5) is 14.5. The normalized spacial score (nSPS) is 20.1. The zero-order valence-corrected chi connectivity index (χ0v) is 33.3. The van der Waals surface area contributed by atoms with Gasteiger partial charge in [-0.3, -0.25) is 9.05 Å². The van der Waals surface area contributed by atoms with Crippen molar-refractivity contribution in [3.05, 3.63) is 59.8 Å². The van der Waals surface area contributed by atoms with Crippen LogP contribution in [0.1, 0.15) is 127 Å². The fourth-order valence-corrected chi connectivity index (χ4v) is 7.59. The predicted octanol–water partition coefficient (Wildman–Crippen LogP) is 8.32. The molecule has 1 aliphatic rings. The summed E-state index contributed by atoms with van der Waals surface area (Å²) in [6.45, 7) is 1.78. The first-order valence-electron chi connectivity index (χ1n) is 20.1. The minimum Gasteiger partial charge on any atom is -0.390 e. The van der Waals surface area contributed by atoms with Crippen molar-refractivity contribution in [1.82, 2.24) is 14.6 Å². The number of nitrogens with zero attached hydrogens (tertiary/aromatic N) is 4. The van der Waals surface area contributed by atoms with Gasteiger partial charge in [0.15, 0.2) is 11.4 Å². The lowest BCUT2D eigenvalue weighted by atomic mass is 9.96. The van der Waals surface area contributed by atoms with Crippen LogP contribution in [0.5, 0.6) is 0 Å². The highest BCUT2D eigenvalue weighted by Crippen LogP contribution is 2.46. The van der Waals surface area contributed by atoms with Crippen LogP contribution < -0.4 is 5.73 Å². The Balaban J connectivity index is 1.15. The molecule has 0 radical (unpaired) electrons. The third kappa shape index (κ3) is 14.8. The topological polar surface area (TPSA) is 184 Å². The molecule has 1 saturated heterocycles. The lowest BCUT2D eigenvalue weighted by Crippen LogP contribution is -2.29. The van der Waals surface area contributed by atoms with Crippen molar-refractivity contribution in [1.29, 1.82) is 5.26 Å². The van der Waals surface area contributed by atoms with Gasteiger partial charge >= 0.3 is 7.82 Å². The maximum atomic E-state index is 14.3. The molecule has 2 aromatic heterocycles. The van der Waals surface area contributed by atoms with Gasteiger partial charge in [-0.1, -0.05) is 121 Å². The number of aliphatic hydroxyl groups excluding tert-OH is 1. The summed E-state index contributed by atoms with van der Waals surface area (Å²) < 4.78 is 56.7. The molecule has 3 aromatic rings. The fraction of sp³-hybridized carbons (Fsp3) is 0.675. The van der Waals surface area contributed by atoms with Crippen LogP contribution in [0.25, 0.3) is 5.52 Å². The van der Waals surface area contributed by atoms with Crippen LogP contribution in [0.15, 0.2) is 42.7 Å². The molecule has 13 nitrogen and oxygen atoms in total. The number of phosphoric ester groups is 1. The number of anilines is 1. The molecule has 1 fully saturated rings. The van der Waals surface area contributed by atoms with Gasteiger partial charge in [0.1, 0.15) is 35.9 Å². The van der Waals surface area contributed by atoms with E-state index in [1.807, 2.05) is 0 Å². The highest BCUT2D eigenvalue weighted by Gasteiger charge is 2.50. The Morgan fingerprint density at radius 3 is 2.25 bits per heavy atom. The van der Waals surface area contributed by atoms with E-state index in [1.165, 1.54) is 100 Å². The van der Waals surface area contributed by atoms with Gasteiger partial charge in [-0.15, -0.1) is 0 Å². The van der Waals surface area contributed by atoms with E-state index < -0.39 is 44.2 Å². The molecule has 0 amide bonds. The molecule has 0 saturated carbocycles. The first kappa shape index (κ1) is 44.7. The first-order valence-corrected chi connectivity index (χ1v) is 21.6. The summed E-state index contributed by atoms with van der Waals surface area (Å²) in [5, 5.41) is 25.0. The van der Waals surface area contributed by atoms with E-state index >= 15 is 0 Å². The van der Waals surface area contributed by atoms with Gasteiger partial charge < -0.3 is 29.9 Å². The molecule has 1 unspecified atom stereocenters. The van der Waals surface area contributed by atoms with Crippen molar-refractivity contribution in [2.24, 2.45) is 0 Å². The van der Waals surface area contributed by atoms with Crippen molar-refractivity contribution in [2.45, 2.75) is 147 Å². The molecule has 306 valence electrons. The summed E-state index contributed by atoms with van der Waals surface area (Å²) in [6.07, 6.45) is 18.3. The fourth-order valence-electron chi connectivity index (χ4n) is 6.83. The van der Waals surface area contributed by atoms with Crippen LogP contribution >= 0.6 is 7.82 Å². The number of ether oxygens (including phenoxy) is 3. The quantitative estimate of drug-likeness (QED) is 0.0452. The SMILES string of the molecule is CCCCCCCCCCCCCCCCCCOC[C@H](COP(=O)(O)OC[C@H]1O[C@@](C#N)(c2ccc3c(N)ncnn23)C[C@@H]1O)OCc1ccccc1F. The van der Waals surface area contributed by atoms with Crippen molar-refractivity contribution < 1.29 is 42.2 Å². The van der Waals surface area contributed by atoms with E-state index in [0.717, 1.165) is 19.3 Å². The van der Waals surface area contributed by atoms with Gasteiger partial charge in [-0.2, -0.15) is 10.4 Å². The van der Waals surface area contributed by atoms with E-state index in [4.69, 9.17) is 29.0 Å². The Morgan fingerprint density at radius 2 is 1.62 bits per heavy atom. The zero-order chi connectivity index (χ0) is 39.4. The zero-order valence-electron chi connectivity index (χ0n) is 32.4. The first-order chi connectivity index (χ1) is 26.7. The largest absolute Gasteiger partial charge is 0.472 e. The monoisotopic (exact) mass is 789 g/mol. The van der Waals surface area contributed by atoms with Gasteiger partial charge in [0.25, 0.3) is 0 Å². The number of aromatic nitrogens is 3. The number of hydrogen-bond acceptors (Lipinski definition) is 11. The van der Waals surface area contributed by atoms with Crippen LogP contribution in [0.2, 0.25) is 0 Å². The Labute approximate surface area is 325 Å². The number of rotatable bonds is 29. The molecule has 1 aliphatic heterocycles. The molecule has 5 atom stereocenters. The summed E-state index contributed by atoms with van der Waals surface area (Å²) in [5.41, 5.74) is 5.40. The van der Waals surface area contributed by atoms with Gasteiger partial charge in [-0.05, 0) is 24.6 Å². The summed E-state index contributed by atoms with van der Waals surface area (Å²) in [6, 6.07) is 11.5. The molecule has 0 aliphatic carbocycles. The predicted molar refractivity (Wildman–Crippen MR) is 207 cm³/mol. The number of nitriles is 1. The maximum absolute atomic E-state index is 14.3. The molecular weight excluding hydrogens is 728 g/mol. The number of halogens is 1. The molecule has 4 rings (SSSR count). The summed E-state index contributed by atoms with van der Waals surface area (Å²) >= 11 is 0. The Bertz CT molecular complexity index is 1640.